The first-order valence-electron chi connectivity index (χ1n) is 10.0. The maximum atomic E-state index is 12.8. The Morgan fingerprint density at radius 3 is 2.45 bits per heavy atom. The van der Waals surface area contributed by atoms with Gasteiger partial charge in [-0.05, 0) is 67.5 Å². The molecule has 1 saturated heterocycles. The van der Waals surface area contributed by atoms with Crippen LogP contribution in [0.3, 0.4) is 0 Å². The van der Waals surface area contributed by atoms with Crippen molar-refractivity contribution in [3.05, 3.63) is 54.1 Å². The van der Waals surface area contributed by atoms with Crippen LogP contribution in [0, 0.1) is 5.92 Å². The third-order valence-corrected chi connectivity index (χ3v) is 7.80. The third-order valence-electron chi connectivity index (χ3n) is 5.16. The highest BCUT2D eigenvalue weighted by Gasteiger charge is 2.28. The van der Waals surface area contributed by atoms with Gasteiger partial charge in [0.15, 0.2) is 6.61 Å². The molecule has 0 unspecified atom stereocenters. The number of nitrogens with one attached hydrogen (secondary N) is 1. The number of anilines is 1. The number of ether oxygens (including phenoxy) is 1. The molecule has 3 rings (SSSR count). The lowest BCUT2D eigenvalue weighted by Gasteiger charge is -2.29. The van der Waals surface area contributed by atoms with Crippen molar-refractivity contribution < 1.29 is 22.7 Å². The molecule has 1 aliphatic rings. The van der Waals surface area contributed by atoms with Crippen LogP contribution >= 0.6 is 11.8 Å². The van der Waals surface area contributed by atoms with Gasteiger partial charge in [0, 0.05) is 23.7 Å². The van der Waals surface area contributed by atoms with E-state index in [2.05, 4.69) is 12.2 Å². The fourth-order valence-corrected chi connectivity index (χ4v) is 5.18. The highest BCUT2D eigenvalue weighted by atomic mass is 32.2. The van der Waals surface area contributed by atoms with Crippen molar-refractivity contribution in [3.8, 4) is 0 Å². The number of benzene rings is 2. The molecule has 2 aromatic carbocycles. The Hall–Kier alpha value is -2.36. The summed E-state index contributed by atoms with van der Waals surface area (Å²) in [6.07, 6.45) is 3.62. The minimum Gasteiger partial charge on any atom is -0.452 e. The van der Waals surface area contributed by atoms with Crippen molar-refractivity contribution in [2.45, 2.75) is 29.6 Å². The molecule has 0 atom stereocenters. The van der Waals surface area contributed by atoms with Gasteiger partial charge in [-0.2, -0.15) is 4.31 Å². The van der Waals surface area contributed by atoms with Crippen LogP contribution in [0.25, 0.3) is 0 Å². The zero-order valence-electron chi connectivity index (χ0n) is 17.5. The average Bonchev–Trinajstić information content (AvgIpc) is 2.78. The van der Waals surface area contributed by atoms with Gasteiger partial charge in [-0.1, -0.05) is 13.0 Å². The standard InChI is InChI=1S/C22H26N2O5S2/c1-16-10-12-24(13-11-16)31(27,28)20-8-6-17(7-9-20)22(26)29-15-21(25)23-18-4-3-5-19(14-18)30-2/h3-9,14,16H,10-13,15H2,1-2H3,(H,23,25). The van der Waals surface area contributed by atoms with Crippen LogP contribution in [0.15, 0.2) is 58.3 Å². The van der Waals surface area contributed by atoms with Gasteiger partial charge in [0.1, 0.15) is 0 Å². The number of hydrogen-bond acceptors (Lipinski definition) is 6. The largest absolute Gasteiger partial charge is 0.452 e. The van der Waals surface area contributed by atoms with Crippen molar-refractivity contribution >= 4 is 39.3 Å². The lowest BCUT2D eigenvalue weighted by atomic mass is 10.0. The second kappa shape index (κ2) is 10.3. The van der Waals surface area contributed by atoms with Crippen LogP contribution in [0.5, 0.6) is 0 Å². The normalized spacial score (nSPS) is 15.4. The van der Waals surface area contributed by atoms with E-state index in [1.807, 2.05) is 24.5 Å². The van der Waals surface area contributed by atoms with E-state index in [0.29, 0.717) is 24.7 Å². The van der Waals surface area contributed by atoms with E-state index in [-0.39, 0.29) is 10.5 Å². The first-order valence-corrected chi connectivity index (χ1v) is 12.7. The van der Waals surface area contributed by atoms with Crippen molar-refractivity contribution in [2.75, 3.05) is 31.3 Å². The van der Waals surface area contributed by atoms with Gasteiger partial charge < -0.3 is 10.1 Å². The number of thioether (sulfide) groups is 1. The average molecular weight is 463 g/mol. The summed E-state index contributed by atoms with van der Waals surface area (Å²) in [7, 11) is -3.58. The summed E-state index contributed by atoms with van der Waals surface area (Å²) in [5.41, 5.74) is 0.804. The number of esters is 1. The van der Waals surface area contributed by atoms with Gasteiger partial charge in [-0.3, -0.25) is 4.79 Å². The van der Waals surface area contributed by atoms with E-state index in [1.165, 1.54) is 28.6 Å². The molecular weight excluding hydrogens is 436 g/mol. The number of carbonyl (C=O) groups is 2. The van der Waals surface area contributed by atoms with Gasteiger partial charge in [0.2, 0.25) is 10.0 Å². The topological polar surface area (TPSA) is 92.8 Å². The molecule has 0 aliphatic carbocycles. The zero-order chi connectivity index (χ0) is 22.4. The SMILES string of the molecule is CSc1cccc(NC(=O)COC(=O)c2ccc(S(=O)(=O)N3CCC(C)CC3)cc2)c1. The van der Waals surface area contributed by atoms with Crippen molar-refractivity contribution in [1.82, 2.24) is 4.31 Å². The van der Waals surface area contributed by atoms with E-state index in [0.717, 1.165) is 17.7 Å². The Morgan fingerprint density at radius 2 is 1.81 bits per heavy atom. The molecule has 9 heteroatoms. The first kappa shape index (κ1) is 23.3. The molecule has 166 valence electrons. The highest BCUT2D eigenvalue weighted by Crippen LogP contribution is 2.24. The predicted molar refractivity (Wildman–Crippen MR) is 121 cm³/mol. The number of hydrogen-bond donors (Lipinski definition) is 1. The van der Waals surface area contributed by atoms with Crippen LogP contribution in [-0.2, 0) is 19.6 Å². The van der Waals surface area contributed by atoms with Gasteiger partial charge in [0.25, 0.3) is 5.91 Å². The fourth-order valence-electron chi connectivity index (χ4n) is 3.25. The van der Waals surface area contributed by atoms with Crippen LogP contribution in [0.4, 0.5) is 5.69 Å². The molecule has 1 heterocycles. The predicted octanol–water partition coefficient (Wildman–Crippen LogP) is 3.62. The van der Waals surface area contributed by atoms with Crippen LogP contribution in [0.2, 0.25) is 0 Å². The minimum absolute atomic E-state index is 0.144. The van der Waals surface area contributed by atoms with E-state index in [1.54, 1.807) is 17.8 Å². The lowest BCUT2D eigenvalue weighted by molar-refractivity contribution is -0.119. The first-order chi connectivity index (χ1) is 14.8. The van der Waals surface area contributed by atoms with E-state index in [4.69, 9.17) is 4.74 Å². The van der Waals surface area contributed by atoms with Gasteiger partial charge in [-0.25, -0.2) is 13.2 Å². The van der Waals surface area contributed by atoms with Gasteiger partial charge >= 0.3 is 5.97 Å². The molecule has 0 radical (unpaired) electrons. The van der Waals surface area contributed by atoms with E-state index in [9.17, 15) is 18.0 Å². The summed E-state index contributed by atoms with van der Waals surface area (Å²) < 4.78 is 32.1. The number of amides is 1. The second-order valence-electron chi connectivity index (χ2n) is 7.47. The summed E-state index contributed by atoms with van der Waals surface area (Å²) in [4.78, 5) is 25.4. The van der Waals surface area contributed by atoms with Gasteiger partial charge in [-0.15, -0.1) is 11.8 Å². The Bertz CT molecular complexity index is 1030. The summed E-state index contributed by atoms with van der Waals surface area (Å²) in [5, 5.41) is 2.68. The number of piperidine rings is 1. The van der Waals surface area contributed by atoms with E-state index >= 15 is 0 Å². The summed E-state index contributed by atoms with van der Waals surface area (Å²) in [5.74, 6) is -0.621. The maximum absolute atomic E-state index is 12.8. The molecule has 1 aliphatic heterocycles. The molecule has 0 spiro atoms. The van der Waals surface area contributed by atoms with Crippen LogP contribution in [-0.4, -0.2) is 50.6 Å². The van der Waals surface area contributed by atoms with Crippen molar-refractivity contribution in [3.63, 3.8) is 0 Å². The monoisotopic (exact) mass is 462 g/mol. The smallest absolute Gasteiger partial charge is 0.338 e. The molecule has 1 fully saturated rings. The Morgan fingerprint density at radius 1 is 1.13 bits per heavy atom. The highest BCUT2D eigenvalue weighted by molar-refractivity contribution is 7.98. The van der Waals surface area contributed by atoms with Crippen LogP contribution < -0.4 is 5.32 Å². The summed E-state index contributed by atoms with van der Waals surface area (Å²) >= 11 is 1.55. The summed E-state index contributed by atoms with van der Waals surface area (Å²) in [6.45, 7) is 2.69. The number of nitrogens with zero attached hydrogens (tertiary/aromatic N) is 1. The fraction of sp³-hybridized carbons (Fsp3) is 0.364. The maximum Gasteiger partial charge on any atom is 0.338 e. The Kier molecular flexibility index (Phi) is 7.74. The second-order valence-corrected chi connectivity index (χ2v) is 10.3. The quantitative estimate of drug-likeness (QED) is 0.499. The molecule has 31 heavy (non-hydrogen) atoms. The number of carbonyl (C=O) groups excluding carboxylic acids is 2. The molecular formula is C22H26N2O5S2. The van der Waals surface area contributed by atoms with Crippen molar-refractivity contribution in [1.29, 1.82) is 0 Å². The van der Waals surface area contributed by atoms with E-state index < -0.39 is 28.5 Å². The van der Waals surface area contributed by atoms with Crippen LogP contribution in [0.1, 0.15) is 30.1 Å². The third kappa shape index (κ3) is 6.09. The molecule has 0 saturated carbocycles. The summed E-state index contributed by atoms with van der Waals surface area (Å²) in [6, 6.07) is 12.9. The molecule has 1 N–H and O–H groups in total. The zero-order valence-corrected chi connectivity index (χ0v) is 19.2. The molecule has 7 nitrogen and oxygen atoms in total. The van der Waals surface area contributed by atoms with Crippen molar-refractivity contribution in [2.24, 2.45) is 5.92 Å². The minimum atomic E-state index is -3.58. The number of sulfonamides is 1. The molecule has 0 aromatic heterocycles. The lowest BCUT2D eigenvalue weighted by Crippen LogP contribution is -2.37. The molecule has 0 bridgehead atoms. The Balaban J connectivity index is 1.55. The Labute approximate surface area is 187 Å². The molecule has 1 amide bonds. The van der Waals surface area contributed by atoms with Gasteiger partial charge in [0.05, 0.1) is 10.5 Å². The number of rotatable bonds is 7. The molecule has 2 aromatic rings.